The lowest BCUT2D eigenvalue weighted by molar-refractivity contribution is 0.350. The van der Waals surface area contributed by atoms with Gasteiger partial charge in [-0.3, -0.25) is 0 Å². The summed E-state index contributed by atoms with van der Waals surface area (Å²) in [4.78, 5) is 0. The molecule has 0 bridgehead atoms. The quantitative estimate of drug-likeness (QED) is 0.806. The molecule has 5 nitrogen and oxygen atoms in total. The van der Waals surface area contributed by atoms with E-state index in [0.29, 0.717) is 0 Å². The van der Waals surface area contributed by atoms with Gasteiger partial charge in [-0.1, -0.05) is 24.0 Å². The number of hydrogen-bond donors (Lipinski definition) is 1. The minimum absolute atomic E-state index is 0.195. The van der Waals surface area contributed by atoms with Crippen LogP contribution in [0.1, 0.15) is 11.1 Å². The monoisotopic (exact) mass is 282 g/mol. The van der Waals surface area contributed by atoms with Crippen LogP contribution in [0.3, 0.4) is 0 Å². The molecular weight excluding hydrogens is 264 g/mol. The molecule has 6 heteroatoms. The second-order valence-electron chi connectivity index (χ2n) is 4.21. The maximum absolute atomic E-state index is 11.9. The highest BCUT2D eigenvalue weighted by molar-refractivity contribution is 7.86. The summed E-state index contributed by atoms with van der Waals surface area (Å²) >= 11 is 0. The Morgan fingerprint density at radius 2 is 1.95 bits per heavy atom. The molecule has 19 heavy (non-hydrogen) atoms. The summed E-state index contributed by atoms with van der Waals surface area (Å²) in [5.74, 6) is 5.35. The maximum atomic E-state index is 11.9. The molecule has 0 spiro atoms. The zero-order chi connectivity index (χ0) is 14.5. The smallest absolute Gasteiger partial charge is 0.281 e. The van der Waals surface area contributed by atoms with Crippen LogP contribution in [0.2, 0.25) is 0 Å². The second-order valence-corrected chi connectivity index (χ2v) is 6.46. The molecule has 1 N–H and O–H groups in total. The molecule has 0 aliphatic rings. The van der Waals surface area contributed by atoms with Crippen molar-refractivity contribution in [2.75, 3.05) is 27.7 Å². The first-order valence-corrected chi connectivity index (χ1v) is 7.10. The Bertz CT molecular complexity index is 585. The van der Waals surface area contributed by atoms with Gasteiger partial charge in [-0.2, -0.15) is 17.0 Å². The van der Waals surface area contributed by atoms with Crippen LogP contribution < -0.4 is 0 Å². The van der Waals surface area contributed by atoms with Crippen LogP contribution in [-0.4, -0.2) is 49.9 Å². The first-order chi connectivity index (χ1) is 8.87. The summed E-state index contributed by atoms with van der Waals surface area (Å²) in [5, 5.41) is 8.64. The van der Waals surface area contributed by atoms with Crippen LogP contribution in [0.15, 0.2) is 24.3 Å². The van der Waals surface area contributed by atoms with E-state index in [2.05, 4.69) is 11.8 Å². The SMILES string of the molecule is CN(C)S(=O)(=O)N(C)Cc1cccc(C#CCO)c1. The van der Waals surface area contributed by atoms with Gasteiger partial charge in [0.05, 0.1) is 0 Å². The second kappa shape index (κ2) is 6.68. The molecule has 1 aromatic rings. The highest BCUT2D eigenvalue weighted by atomic mass is 32.2. The molecule has 1 rings (SSSR count). The van der Waals surface area contributed by atoms with Gasteiger partial charge in [-0.15, -0.1) is 0 Å². The average molecular weight is 282 g/mol. The van der Waals surface area contributed by atoms with Crippen molar-refractivity contribution in [3.05, 3.63) is 35.4 Å². The molecular formula is C13H18N2O3S. The fourth-order valence-electron chi connectivity index (χ4n) is 1.51. The summed E-state index contributed by atoms with van der Waals surface area (Å²) in [6.07, 6.45) is 0. The van der Waals surface area contributed by atoms with E-state index >= 15 is 0 Å². The Morgan fingerprint density at radius 1 is 1.26 bits per heavy atom. The molecule has 0 aliphatic heterocycles. The van der Waals surface area contributed by atoms with Crippen molar-refractivity contribution in [2.24, 2.45) is 0 Å². The Labute approximate surface area is 114 Å². The zero-order valence-corrected chi connectivity index (χ0v) is 12.1. The molecule has 0 saturated heterocycles. The number of nitrogens with zero attached hydrogens (tertiary/aromatic N) is 2. The van der Waals surface area contributed by atoms with Gasteiger partial charge in [0.1, 0.15) is 6.61 Å². The first-order valence-electron chi connectivity index (χ1n) is 5.70. The van der Waals surface area contributed by atoms with Crippen LogP contribution in [0.25, 0.3) is 0 Å². The lowest BCUT2D eigenvalue weighted by Gasteiger charge is -2.21. The number of hydrogen-bond acceptors (Lipinski definition) is 3. The average Bonchev–Trinajstić information content (AvgIpc) is 2.36. The molecule has 0 heterocycles. The van der Waals surface area contributed by atoms with E-state index in [-0.39, 0.29) is 13.2 Å². The van der Waals surface area contributed by atoms with Crippen molar-refractivity contribution in [3.63, 3.8) is 0 Å². The molecule has 0 amide bonds. The van der Waals surface area contributed by atoms with Crippen molar-refractivity contribution < 1.29 is 13.5 Å². The van der Waals surface area contributed by atoms with Crippen molar-refractivity contribution in [1.29, 1.82) is 0 Å². The summed E-state index contributed by atoms with van der Waals surface area (Å²) < 4.78 is 26.2. The molecule has 0 atom stereocenters. The zero-order valence-electron chi connectivity index (χ0n) is 11.3. The fraction of sp³-hybridized carbons (Fsp3) is 0.385. The van der Waals surface area contributed by atoms with Crippen LogP contribution >= 0.6 is 0 Å². The normalized spacial score (nSPS) is 11.5. The van der Waals surface area contributed by atoms with Gasteiger partial charge in [-0.05, 0) is 17.7 Å². The molecule has 0 saturated carbocycles. The third-order valence-electron chi connectivity index (χ3n) is 2.50. The third-order valence-corrected chi connectivity index (χ3v) is 4.34. The van der Waals surface area contributed by atoms with Gasteiger partial charge in [0.25, 0.3) is 10.2 Å². The predicted molar refractivity (Wildman–Crippen MR) is 74.5 cm³/mol. The molecule has 0 aliphatic carbocycles. The molecule has 1 aromatic carbocycles. The Hall–Kier alpha value is -1.39. The van der Waals surface area contributed by atoms with Crippen molar-refractivity contribution in [2.45, 2.75) is 6.54 Å². The molecule has 104 valence electrons. The number of rotatable bonds is 4. The van der Waals surface area contributed by atoms with E-state index in [1.807, 2.05) is 24.3 Å². The van der Waals surface area contributed by atoms with Crippen molar-refractivity contribution >= 4 is 10.2 Å². The van der Waals surface area contributed by atoms with E-state index in [1.165, 1.54) is 29.8 Å². The number of benzene rings is 1. The minimum Gasteiger partial charge on any atom is -0.384 e. The van der Waals surface area contributed by atoms with Gasteiger partial charge in [0.2, 0.25) is 0 Å². The van der Waals surface area contributed by atoms with Crippen LogP contribution in [0.5, 0.6) is 0 Å². The molecule has 0 aromatic heterocycles. The van der Waals surface area contributed by atoms with E-state index in [4.69, 9.17) is 5.11 Å². The van der Waals surface area contributed by atoms with Crippen molar-refractivity contribution in [1.82, 2.24) is 8.61 Å². The topological polar surface area (TPSA) is 60.9 Å². The highest BCUT2D eigenvalue weighted by Crippen LogP contribution is 2.10. The van der Waals surface area contributed by atoms with Gasteiger partial charge < -0.3 is 5.11 Å². The van der Waals surface area contributed by atoms with E-state index in [1.54, 1.807) is 0 Å². The van der Waals surface area contributed by atoms with Crippen LogP contribution in [-0.2, 0) is 16.8 Å². The van der Waals surface area contributed by atoms with Gasteiger partial charge in [0.15, 0.2) is 0 Å². The van der Waals surface area contributed by atoms with Crippen LogP contribution in [0, 0.1) is 11.8 Å². The summed E-state index contributed by atoms with van der Waals surface area (Å²) in [7, 11) is 1.10. The first kappa shape index (κ1) is 15.7. The highest BCUT2D eigenvalue weighted by Gasteiger charge is 2.20. The standard InChI is InChI=1S/C13H18N2O3S/c1-14(2)19(17,18)15(3)11-13-7-4-6-12(10-13)8-5-9-16/h4,6-7,10,16H,9,11H2,1-3H3. The van der Waals surface area contributed by atoms with Gasteiger partial charge in [-0.25, -0.2) is 0 Å². The maximum Gasteiger partial charge on any atom is 0.281 e. The van der Waals surface area contributed by atoms with Gasteiger partial charge in [0, 0.05) is 33.3 Å². The lowest BCUT2D eigenvalue weighted by Crippen LogP contribution is -2.36. The Kier molecular flexibility index (Phi) is 5.51. The molecule has 0 unspecified atom stereocenters. The Balaban J connectivity index is 2.89. The van der Waals surface area contributed by atoms with E-state index < -0.39 is 10.2 Å². The summed E-state index contributed by atoms with van der Waals surface area (Å²) in [6.45, 7) is 0.0777. The van der Waals surface area contributed by atoms with Crippen molar-refractivity contribution in [3.8, 4) is 11.8 Å². The number of aliphatic hydroxyl groups excluding tert-OH is 1. The summed E-state index contributed by atoms with van der Waals surface area (Å²) in [6, 6.07) is 7.27. The third kappa shape index (κ3) is 4.33. The lowest BCUT2D eigenvalue weighted by atomic mass is 10.1. The largest absolute Gasteiger partial charge is 0.384 e. The fourth-order valence-corrected chi connectivity index (χ4v) is 2.38. The Morgan fingerprint density at radius 3 is 2.53 bits per heavy atom. The predicted octanol–water partition coefficient (Wildman–Crippen LogP) is 0.269. The van der Waals surface area contributed by atoms with E-state index in [9.17, 15) is 8.42 Å². The summed E-state index contributed by atoms with van der Waals surface area (Å²) in [5.41, 5.74) is 1.60. The number of aliphatic hydroxyl groups is 1. The van der Waals surface area contributed by atoms with Gasteiger partial charge >= 0.3 is 0 Å². The minimum atomic E-state index is -3.41. The molecule has 0 fully saturated rings. The molecule has 0 radical (unpaired) electrons. The van der Waals surface area contributed by atoms with E-state index in [0.717, 1.165) is 11.1 Å². The van der Waals surface area contributed by atoms with Crippen LogP contribution in [0.4, 0.5) is 0 Å².